The Morgan fingerprint density at radius 2 is 2.29 bits per heavy atom. The predicted octanol–water partition coefficient (Wildman–Crippen LogP) is 2.57. The van der Waals surface area contributed by atoms with Gasteiger partial charge in [0.1, 0.15) is 0 Å². The maximum absolute atomic E-state index is 4.24. The Morgan fingerprint density at radius 1 is 1.47 bits per heavy atom. The van der Waals surface area contributed by atoms with Crippen molar-refractivity contribution in [1.29, 1.82) is 0 Å². The molecule has 1 aliphatic carbocycles. The van der Waals surface area contributed by atoms with E-state index in [0.717, 1.165) is 19.1 Å². The summed E-state index contributed by atoms with van der Waals surface area (Å²) in [5.41, 5.74) is 2.66. The standard InChI is InChI=1S/C14H23N3/c1-3-8-15-10-12-11-16-9-7-14(12)17(2)13-5-4-6-13/h7,9,11,13,15H,3-6,8,10H2,1-2H3. The summed E-state index contributed by atoms with van der Waals surface area (Å²) in [5, 5.41) is 3.45. The van der Waals surface area contributed by atoms with Gasteiger partial charge >= 0.3 is 0 Å². The monoisotopic (exact) mass is 233 g/mol. The number of anilines is 1. The van der Waals surface area contributed by atoms with E-state index < -0.39 is 0 Å². The molecule has 94 valence electrons. The average Bonchev–Trinajstić information content (AvgIpc) is 2.27. The first-order valence-corrected chi connectivity index (χ1v) is 6.69. The number of nitrogens with zero attached hydrogens (tertiary/aromatic N) is 2. The molecule has 2 rings (SSSR count). The van der Waals surface area contributed by atoms with Crippen LogP contribution in [-0.4, -0.2) is 24.6 Å². The quantitative estimate of drug-likeness (QED) is 0.765. The molecule has 1 aliphatic rings. The second kappa shape index (κ2) is 6.01. The molecule has 1 saturated carbocycles. The summed E-state index contributed by atoms with van der Waals surface area (Å²) in [6.45, 7) is 4.19. The molecule has 0 unspecified atom stereocenters. The molecule has 1 aromatic heterocycles. The van der Waals surface area contributed by atoms with Gasteiger partial charge in [0, 0.05) is 43.3 Å². The van der Waals surface area contributed by atoms with Gasteiger partial charge < -0.3 is 10.2 Å². The third-order valence-electron chi connectivity index (χ3n) is 3.62. The fourth-order valence-corrected chi connectivity index (χ4v) is 2.27. The Bertz CT molecular complexity index is 347. The Labute approximate surface area is 104 Å². The lowest BCUT2D eigenvalue weighted by Crippen LogP contribution is -2.37. The summed E-state index contributed by atoms with van der Waals surface area (Å²) >= 11 is 0. The van der Waals surface area contributed by atoms with Gasteiger partial charge in [0.15, 0.2) is 0 Å². The first kappa shape index (κ1) is 12.4. The van der Waals surface area contributed by atoms with Crippen molar-refractivity contribution >= 4 is 5.69 Å². The minimum atomic E-state index is 0.738. The van der Waals surface area contributed by atoms with E-state index >= 15 is 0 Å². The number of pyridine rings is 1. The molecule has 1 N–H and O–H groups in total. The minimum absolute atomic E-state index is 0.738. The van der Waals surface area contributed by atoms with E-state index in [1.807, 2.05) is 12.4 Å². The third-order valence-corrected chi connectivity index (χ3v) is 3.62. The van der Waals surface area contributed by atoms with Gasteiger partial charge in [-0.05, 0) is 38.3 Å². The van der Waals surface area contributed by atoms with Crippen molar-refractivity contribution in [1.82, 2.24) is 10.3 Å². The fourth-order valence-electron chi connectivity index (χ4n) is 2.27. The highest BCUT2D eigenvalue weighted by Gasteiger charge is 2.23. The molecule has 1 heterocycles. The van der Waals surface area contributed by atoms with Crippen LogP contribution >= 0.6 is 0 Å². The Kier molecular flexibility index (Phi) is 4.37. The maximum Gasteiger partial charge on any atom is 0.0442 e. The second-order valence-corrected chi connectivity index (χ2v) is 4.88. The van der Waals surface area contributed by atoms with E-state index in [0.29, 0.717) is 0 Å². The lowest BCUT2D eigenvalue weighted by Gasteiger charge is -2.37. The molecule has 0 atom stereocenters. The number of hydrogen-bond acceptors (Lipinski definition) is 3. The van der Waals surface area contributed by atoms with Gasteiger partial charge in [-0.25, -0.2) is 0 Å². The zero-order valence-electron chi connectivity index (χ0n) is 10.9. The molecule has 0 aliphatic heterocycles. The zero-order chi connectivity index (χ0) is 12.1. The van der Waals surface area contributed by atoms with Crippen molar-refractivity contribution in [3.63, 3.8) is 0 Å². The first-order valence-electron chi connectivity index (χ1n) is 6.69. The normalized spacial score (nSPS) is 15.6. The van der Waals surface area contributed by atoms with E-state index in [4.69, 9.17) is 0 Å². The Morgan fingerprint density at radius 3 is 2.94 bits per heavy atom. The SMILES string of the molecule is CCCNCc1cnccc1N(C)C1CCC1. The van der Waals surface area contributed by atoms with Gasteiger partial charge in [0.05, 0.1) is 0 Å². The van der Waals surface area contributed by atoms with E-state index in [1.165, 1.54) is 36.9 Å². The molecule has 1 fully saturated rings. The highest BCUT2D eigenvalue weighted by atomic mass is 15.1. The van der Waals surface area contributed by atoms with Gasteiger partial charge in [0.2, 0.25) is 0 Å². The summed E-state index contributed by atoms with van der Waals surface area (Å²) in [4.78, 5) is 6.67. The van der Waals surface area contributed by atoms with Crippen LogP contribution in [0.25, 0.3) is 0 Å². The largest absolute Gasteiger partial charge is 0.371 e. The van der Waals surface area contributed by atoms with Crippen LogP contribution < -0.4 is 10.2 Å². The lowest BCUT2D eigenvalue weighted by atomic mass is 9.91. The van der Waals surface area contributed by atoms with Crippen LogP contribution in [0.3, 0.4) is 0 Å². The number of nitrogens with one attached hydrogen (secondary N) is 1. The van der Waals surface area contributed by atoms with Gasteiger partial charge in [0.25, 0.3) is 0 Å². The minimum Gasteiger partial charge on any atom is -0.371 e. The van der Waals surface area contributed by atoms with Crippen molar-refractivity contribution < 1.29 is 0 Å². The average molecular weight is 233 g/mol. The van der Waals surface area contributed by atoms with Crippen LogP contribution in [0, 0.1) is 0 Å². The summed E-state index contributed by atoms with van der Waals surface area (Å²) in [6, 6.07) is 2.88. The van der Waals surface area contributed by atoms with Crippen LogP contribution in [0.2, 0.25) is 0 Å². The molecule has 0 radical (unpaired) electrons. The molecular weight excluding hydrogens is 210 g/mol. The van der Waals surface area contributed by atoms with Crippen LogP contribution in [0.15, 0.2) is 18.5 Å². The Hall–Kier alpha value is -1.09. The first-order chi connectivity index (χ1) is 8.33. The molecule has 17 heavy (non-hydrogen) atoms. The van der Waals surface area contributed by atoms with Crippen molar-refractivity contribution in [3.05, 3.63) is 24.0 Å². The molecule has 0 spiro atoms. The highest BCUT2D eigenvalue weighted by Crippen LogP contribution is 2.29. The molecule has 3 nitrogen and oxygen atoms in total. The zero-order valence-corrected chi connectivity index (χ0v) is 10.9. The van der Waals surface area contributed by atoms with Crippen LogP contribution in [0.5, 0.6) is 0 Å². The molecule has 0 saturated heterocycles. The fraction of sp³-hybridized carbons (Fsp3) is 0.643. The molecule has 0 bridgehead atoms. The highest BCUT2D eigenvalue weighted by molar-refractivity contribution is 5.52. The molecular formula is C14H23N3. The number of aromatic nitrogens is 1. The predicted molar refractivity (Wildman–Crippen MR) is 72.3 cm³/mol. The summed E-state index contributed by atoms with van der Waals surface area (Å²) in [5.74, 6) is 0. The third kappa shape index (κ3) is 2.97. The van der Waals surface area contributed by atoms with Gasteiger partial charge in [-0.15, -0.1) is 0 Å². The van der Waals surface area contributed by atoms with Crippen LogP contribution in [0.4, 0.5) is 5.69 Å². The lowest BCUT2D eigenvalue weighted by molar-refractivity contribution is 0.400. The van der Waals surface area contributed by atoms with E-state index in [2.05, 4.69) is 35.2 Å². The summed E-state index contributed by atoms with van der Waals surface area (Å²) < 4.78 is 0. The number of hydrogen-bond donors (Lipinski definition) is 1. The summed E-state index contributed by atoms with van der Waals surface area (Å²) in [7, 11) is 2.21. The molecule has 0 amide bonds. The summed E-state index contributed by atoms with van der Waals surface area (Å²) in [6.07, 6.45) is 9.11. The smallest absolute Gasteiger partial charge is 0.0442 e. The molecule has 1 aromatic rings. The van der Waals surface area contributed by atoms with Crippen molar-refractivity contribution in [2.45, 2.75) is 45.2 Å². The van der Waals surface area contributed by atoms with Crippen molar-refractivity contribution in [2.24, 2.45) is 0 Å². The van der Waals surface area contributed by atoms with Crippen molar-refractivity contribution in [2.75, 3.05) is 18.5 Å². The van der Waals surface area contributed by atoms with Crippen molar-refractivity contribution in [3.8, 4) is 0 Å². The van der Waals surface area contributed by atoms with E-state index in [9.17, 15) is 0 Å². The Balaban J connectivity index is 2.03. The van der Waals surface area contributed by atoms with Gasteiger partial charge in [-0.3, -0.25) is 4.98 Å². The van der Waals surface area contributed by atoms with E-state index in [-0.39, 0.29) is 0 Å². The van der Waals surface area contributed by atoms with E-state index in [1.54, 1.807) is 0 Å². The molecule has 3 heteroatoms. The van der Waals surface area contributed by atoms with Crippen LogP contribution in [0.1, 0.15) is 38.2 Å². The van der Waals surface area contributed by atoms with Gasteiger partial charge in [-0.1, -0.05) is 6.92 Å². The topological polar surface area (TPSA) is 28.2 Å². The maximum atomic E-state index is 4.24. The molecule has 0 aromatic carbocycles. The van der Waals surface area contributed by atoms with Gasteiger partial charge in [-0.2, -0.15) is 0 Å². The number of rotatable bonds is 6. The van der Waals surface area contributed by atoms with Crippen LogP contribution in [-0.2, 0) is 6.54 Å². The second-order valence-electron chi connectivity index (χ2n) is 4.88.